The molecular weight excluding hydrogens is 515 g/mol. The summed E-state index contributed by atoms with van der Waals surface area (Å²) in [5.74, 6) is -0.434. The minimum Gasteiger partial charge on any atom is -0.494 e. The van der Waals surface area contributed by atoms with Gasteiger partial charge in [-0.05, 0) is 69.7 Å². The van der Waals surface area contributed by atoms with Crippen LogP contribution in [0.25, 0.3) is 22.4 Å². The van der Waals surface area contributed by atoms with Gasteiger partial charge >= 0.3 is 6.18 Å². The molecule has 12 heteroatoms. The SMILES string of the molecule is COc1ccc(-c2nc(C(=O)NC3(C(=O)N4CCCCC4)CCC3)c([C@H](C)N)o2)c2ccc(C(F)(F)F)nc12. The van der Waals surface area contributed by atoms with E-state index in [-0.39, 0.29) is 34.5 Å². The molecule has 0 radical (unpaired) electrons. The van der Waals surface area contributed by atoms with E-state index in [2.05, 4.69) is 15.3 Å². The molecular formula is C27H30F3N5O4. The Morgan fingerprint density at radius 2 is 1.82 bits per heavy atom. The lowest BCUT2D eigenvalue weighted by molar-refractivity contribution is -0.142. The summed E-state index contributed by atoms with van der Waals surface area (Å²) >= 11 is 0. The van der Waals surface area contributed by atoms with Crippen LogP contribution in [-0.2, 0) is 11.0 Å². The molecule has 0 spiro atoms. The molecule has 0 bridgehead atoms. The van der Waals surface area contributed by atoms with Crippen molar-refractivity contribution in [3.8, 4) is 17.2 Å². The van der Waals surface area contributed by atoms with Crippen molar-refractivity contribution >= 4 is 22.7 Å². The summed E-state index contributed by atoms with van der Waals surface area (Å²) in [5, 5.41) is 3.21. The number of hydrogen-bond donors (Lipinski definition) is 2. The second kappa shape index (κ2) is 10.1. The number of nitrogens with two attached hydrogens (primary N) is 1. The van der Waals surface area contributed by atoms with Crippen LogP contribution >= 0.6 is 0 Å². The summed E-state index contributed by atoms with van der Waals surface area (Å²) in [4.78, 5) is 36.9. The number of rotatable bonds is 6. The highest BCUT2D eigenvalue weighted by Gasteiger charge is 2.48. The highest BCUT2D eigenvalue weighted by Crippen LogP contribution is 2.38. The molecule has 1 atom stereocenters. The lowest BCUT2D eigenvalue weighted by Crippen LogP contribution is -2.64. The molecule has 3 N–H and O–H groups in total. The van der Waals surface area contributed by atoms with Gasteiger partial charge in [0.2, 0.25) is 11.8 Å². The van der Waals surface area contributed by atoms with Crippen molar-refractivity contribution in [2.45, 2.75) is 63.2 Å². The number of amides is 2. The van der Waals surface area contributed by atoms with E-state index < -0.39 is 29.4 Å². The summed E-state index contributed by atoms with van der Waals surface area (Å²) in [7, 11) is 1.33. The van der Waals surface area contributed by atoms with Gasteiger partial charge in [0, 0.05) is 24.0 Å². The third-order valence-corrected chi connectivity index (χ3v) is 7.46. The fourth-order valence-corrected chi connectivity index (χ4v) is 5.22. The Bertz CT molecular complexity index is 1410. The third-order valence-electron chi connectivity index (χ3n) is 7.46. The molecule has 208 valence electrons. The molecule has 0 unspecified atom stereocenters. The molecule has 1 aromatic carbocycles. The summed E-state index contributed by atoms with van der Waals surface area (Å²) in [6.07, 6.45) is 0.184. The van der Waals surface area contributed by atoms with E-state index in [9.17, 15) is 22.8 Å². The van der Waals surface area contributed by atoms with E-state index in [4.69, 9.17) is 14.9 Å². The average Bonchev–Trinajstić information content (AvgIpc) is 3.35. The van der Waals surface area contributed by atoms with Crippen LogP contribution in [0.3, 0.4) is 0 Å². The van der Waals surface area contributed by atoms with Gasteiger partial charge in [0.15, 0.2) is 11.5 Å². The van der Waals surface area contributed by atoms with Gasteiger partial charge in [-0.15, -0.1) is 0 Å². The van der Waals surface area contributed by atoms with Crippen molar-refractivity contribution in [1.82, 2.24) is 20.2 Å². The molecule has 3 heterocycles. The number of fused-ring (bicyclic) bond motifs is 1. The van der Waals surface area contributed by atoms with Crippen LogP contribution in [0.1, 0.15) is 73.4 Å². The number of halogens is 3. The summed E-state index contributed by atoms with van der Waals surface area (Å²) in [6, 6.07) is 4.43. The van der Waals surface area contributed by atoms with Gasteiger partial charge in [-0.1, -0.05) is 0 Å². The van der Waals surface area contributed by atoms with Crippen molar-refractivity contribution < 1.29 is 31.9 Å². The molecule has 2 amide bonds. The molecule has 1 aliphatic heterocycles. The fraction of sp³-hybridized carbons (Fsp3) is 0.481. The van der Waals surface area contributed by atoms with E-state index in [1.54, 1.807) is 13.0 Å². The highest BCUT2D eigenvalue weighted by molar-refractivity contribution is 6.01. The topological polar surface area (TPSA) is 124 Å². The molecule has 2 aliphatic rings. The average molecular weight is 546 g/mol. The van der Waals surface area contributed by atoms with E-state index in [0.29, 0.717) is 36.9 Å². The second-order valence-corrected chi connectivity index (χ2v) is 10.2. The zero-order chi connectivity index (χ0) is 27.9. The number of oxazole rings is 1. The largest absolute Gasteiger partial charge is 0.494 e. The highest BCUT2D eigenvalue weighted by atomic mass is 19.4. The number of piperidine rings is 1. The van der Waals surface area contributed by atoms with Gasteiger partial charge in [-0.2, -0.15) is 13.2 Å². The van der Waals surface area contributed by atoms with Gasteiger partial charge in [0.05, 0.1) is 13.2 Å². The Morgan fingerprint density at radius 3 is 2.41 bits per heavy atom. The maximum absolute atomic E-state index is 13.5. The molecule has 1 saturated heterocycles. The van der Waals surface area contributed by atoms with Crippen molar-refractivity contribution in [3.63, 3.8) is 0 Å². The predicted molar refractivity (Wildman–Crippen MR) is 136 cm³/mol. The number of likely N-dealkylation sites (tertiary alicyclic amines) is 1. The Hall–Kier alpha value is -3.67. The van der Waals surface area contributed by atoms with E-state index >= 15 is 0 Å². The monoisotopic (exact) mass is 545 g/mol. The van der Waals surface area contributed by atoms with Crippen LogP contribution in [0.4, 0.5) is 13.2 Å². The Balaban J connectivity index is 1.51. The summed E-state index contributed by atoms with van der Waals surface area (Å²) in [6.45, 7) is 2.97. The molecule has 9 nitrogen and oxygen atoms in total. The summed E-state index contributed by atoms with van der Waals surface area (Å²) < 4.78 is 51.2. The molecule has 1 saturated carbocycles. The smallest absolute Gasteiger partial charge is 0.433 e. The molecule has 3 aromatic rings. The second-order valence-electron chi connectivity index (χ2n) is 10.2. The Labute approximate surface area is 222 Å². The number of carbonyl (C=O) groups excluding carboxylic acids is 2. The first-order valence-electron chi connectivity index (χ1n) is 13.0. The lowest BCUT2D eigenvalue weighted by Gasteiger charge is -2.44. The van der Waals surface area contributed by atoms with Crippen molar-refractivity contribution in [2.24, 2.45) is 5.73 Å². The third kappa shape index (κ3) is 4.93. The Kier molecular flexibility index (Phi) is 7.00. The number of methoxy groups -OCH3 is 1. The van der Waals surface area contributed by atoms with Crippen LogP contribution in [0, 0.1) is 0 Å². The van der Waals surface area contributed by atoms with Crippen LogP contribution in [0.5, 0.6) is 5.75 Å². The van der Waals surface area contributed by atoms with Gasteiger partial charge in [0.25, 0.3) is 5.91 Å². The fourth-order valence-electron chi connectivity index (χ4n) is 5.22. The van der Waals surface area contributed by atoms with Crippen LogP contribution in [0.2, 0.25) is 0 Å². The van der Waals surface area contributed by atoms with Crippen molar-refractivity contribution in [1.29, 1.82) is 0 Å². The number of alkyl halides is 3. The van der Waals surface area contributed by atoms with Crippen LogP contribution < -0.4 is 15.8 Å². The molecule has 5 rings (SSSR count). The number of ether oxygens (including phenoxy) is 1. The normalized spacial score (nSPS) is 17.9. The number of nitrogens with zero attached hydrogens (tertiary/aromatic N) is 3. The molecule has 39 heavy (non-hydrogen) atoms. The zero-order valence-corrected chi connectivity index (χ0v) is 21.7. The molecule has 2 aromatic heterocycles. The molecule has 1 aliphatic carbocycles. The number of benzene rings is 1. The lowest BCUT2D eigenvalue weighted by atomic mass is 9.75. The Morgan fingerprint density at radius 1 is 1.10 bits per heavy atom. The van der Waals surface area contributed by atoms with Crippen LogP contribution in [0.15, 0.2) is 28.7 Å². The van der Waals surface area contributed by atoms with E-state index in [0.717, 1.165) is 31.7 Å². The van der Waals surface area contributed by atoms with Gasteiger partial charge in [-0.3, -0.25) is 9.59 Å². The van der Waals surface area contributed by atoms with Gasteiger partial charge in [0.1, 0.15) is 22.5 Å². The number of nitrogens with one attached hydrogen (secondary N) is 1. The van der Waals surface area contributed by atoms with Gasteiger partial charge < -0.3 is 25.1 Å². The van der Waals surface area contributed by atoms with Crippen molar-refractivity contribution in [2.75, 3.05) is 20.2 Å². The maximum Gasteiger partial charge on any atom is 0.433 e. The standard InChI is InChI=1S/C27H30F3N5O4/c1-15(31)22-21(23(36)34-26(11-6-12-26)25(37)35-13-4-3-5-14-35)33-24(39-22)17-7-9-18(38-2)20-16(17)8-10-19(32-20)27(28,29)30/h7-10,15H,3-6,11-14,31H2,1-2H3,(H,34,36)/t15-/m0/s1. The predicted octanol–water partition coefficient (Wildman–Crippen LogP) is 4.60. The summed E-state index contributed by atoms with van der Waals surface area (Å²) in [5.41, 5.74) is 4.26. The number of pyridine rings is 1. The van der Waals surface area contributed by atoms with E-state index in [1.165, 1.54) is 19.2 Å². The minimum atomic E-state index is -4.64. The zero-order valence-electron chi connectivity index (χ0n) is 21.7. The van der Waals surface area contributed by atoms with Crippen LogP contribution in [-0.4, -0.2) is 52.4 Å². The first-order chi connectivity index (χ1) is 18.5. The van der Waals surface area contributed by atoms with Crippen molar-refractivity contribution in [3.05, 3.63) is 41.4 Å². The number of hydrogen-bond acceptors (Lipinski definition) is 7. The number of carbonyl (C=O) groups is 2. The minimum absolute atomic E-state index is 0.00771. The first kappa shape index (κ1) is 26.9. The van der Waals surface area contributed by atoms with Gasteiger partial charge in [-0.25, -0.2) is 9.97 Å². The molecule has 2 fully saturated rings. The maximum atomic E-state index is 13.5. The quantitative estimate of drug-likeness (QED) is 0.464. The number of aromatic nitrogens is 2. The van der Waals surface area contributed by atoms with E-state index in [1.807, 2.05) is 4.90 Å². The first-order valence-corrected chi connectivity index (χ1v) is 13.0.